The summed E-state index contributed by atoms with van der Waals surface area (Å²) >= 11 is 3.35. The molecule has 0 radical (unpaired) electrons. The van der Waals surface area contributed by atoms with Gasteiger partial charge in [0.2, 0.25) is 0 Å². The largest absolute Gasteiger partial charge is 0.389 e. The first-order chi connectivity index (χ1) is 7.99. The number of β-amino-alcohol motifs (C(OH)–C–C–N with tert-alkyl or cyclic N) is 2. The first-order valence-corrected chi connectivity index (χ1v) is 6.20. The molecule has 1 aromatic rings. The lowest BCUT2D eigenvalue weighted by Crippen LogP contribution is -2.22. The zero-order valence-electron chi connectivity index (χ0n) is 9.43. The van der Waals surface area contributed by atoms with Crippen LogP contribution in [0.25, 0.3) is 0 Å². The predicted molar refractivity (Wildman–Crippen MR) is 68.4 cm³/mol. The summed E-state index contributed by atoms with van der Waals surface area (Å²) in [5.74, 6) is 0.00455. The fourth-order valence-electron chi connectivity index (χ4n) is 1.97. The number of nitrogens with zero attached hydrogens (tertiary/aromatic N) is 1. The van der Waals surface area contributed by atoms with E-state index in [4.69, 9.17) is 0 Å². The SMILES string of the molecule is CC(=O)c1ccc(N2CC(O)C(O)C2)cc1Br. The van der Waals surface area contributed by atoms with Crippen LogP contribution >= 0.6 is 15.9 Å². The van der Waals surface area contributed by atoms with Gasteiger partial charge in [0.25, 0.3) is 0 Å². The number of hydrogen-bond acceptors (Lipinski definition) is 4. The molecule has 17 heavy (non-hydrogen) atoms. The maximum Gasteiger partial charge on any atom is 0.160 e. The molecule has 0 aromatic heterocycles. The highest BCUT2D eigenvalue weighted by Gasteiger charge is 2.29. The third kappa shape index (κ3) is 2.51. The van der Waals surface area contributed by atoms with Crippen LogP contribution in [-0.4, -0.2) is 41.3 Å². The van der Waals surface area contributed by atoms with Crippen LogP contribution in [0, 0.1) is 0 Å². The number of halogens is 1. The lowest BCUT2D eigenvalue weighted by molar-refractivity contribution is 0.0572. The van der Waals surface area contributed by atoms with Crippen molar-refractivity contribution in [3.63, 3.8) is 0 Å². The summed E-state index contributed by atoms with van der Waals surface area (Å²) in [5.41, 5.74) is 1.52. The molecule has 0 amide bonds. The Morgan fingerprint density at radius 2 is 1.94 bits per heavy atom. The highest BCUT2D eigenvalue weighted by Crippen LogP contribution is 2.27. The van der Waals surface area contributed by atoms with Gasteiger partial charge in [0.1, 0.15) is 0 Å². The fraction of sp³-hybridized carbons (Fsp3) is 0.417. The van der Waals surface area contributed by atoms with Crippen molar-refractivity contribution in [2.45, 2.75) is 19.1 Å². The van der Waals surface area contributed by atoms with Crippen molar-refractivity contribution in [2.24, 2.45) is 0 Å². The Bertz CT molecular complexity index is 439. The van der Waals surface area contributed by atoms with Gasteiger partial charge in [0.15, 0.2) is 5.78 Å². The van der Waals surface area contributed by atoms with Gasteiger partial charge in [-0.05, 0) is 41.1 Å². The Labute approximate surface area is 108 Å². The van der Waals surface area contributed by atoms with Gasteiger partial charge in [-0.1, -0.05) is 0 Å². The minimum atomic E-state index is -0.707. The molecule has 0 aliphatic carbocycles. The van der Waals surface area contributed by atoms with E-state index in [1.807, 2.05) is 17.0 Å². The number of ketones is 1. The Kier molecular flexibility index (Phi) is 3.51. The van der Waals surface area contributed by atoms with Crippen molar-refractivity contribution in [1.82, 2.24) is 0 Å². The van der Waals surface area contributed by atoms with Crippen molar-refractivity contribution in [2.75, 3.05) is 18.0 Å². The normalized spacial score (nSPS) is 24.1. The van der Waals surface area contributed by atoms with E-state index in [-0.39, 0.29) is 5.78 Å². The van der Waals surface area contributed by atoms with Crippen molar-refractivity contribution >= 4 is 27.4 Å². The van der Waals surface area contributed by atoms with E-state index >= 15 is 0 Å². The van der Waals surface area contributed by atoms with Crippen LogP contribution in [0.5, 0.6) is 0 Å². The highest BCUT2D eigenvalue weighted by atomic mass is 79.9. The molecule has 0 saturated carbocycles. The molecule has 5 heteroatoms. The first kappa shape index (κ1) is 12.5. The molecule has 2 atom stereocenters. The predicted octanol–water partition coefficient (Wildman–Crippen LogP) is 1.19. The molecule has 92 valence electrons. The van der Waals surface area contributed by atoms with E-state index < -0.39 is 12.2 Å². The third-order valence-corrected chi connectivity index (χ3v) is 3.61. The van der Waals surface area contributed by atoms with Crippen LogP contribution in [-0.2, 0) is 0 Å². The lowest BCUT2D eigenvalue weighted by Gasteiger charge is -2.18. The van der Waals surface area contributed by atoms with Crippen molar-refractivity contribution < 1.29 is 15.0 Å². The second kappa shape index (κ2) is 4.76. The van der Waals surface area contributed by atoms with Crippen LogP contribution in [0.2, 0.25) is 0 Å². The average Bonchev–Trinajstić information content (AvgIpc) is 2.58. The molecule has 2 N–H and O–H groups in total. The highest BCUT2D eigenvalue weighted by molar-refractivity contribution is 9.10. The molecule has 1 saturated heterocycles. The number of carbonyl (C=O) groups is 1. The van der Waals surface area contributed by atoms with Crippen molar-refractivity contribution in [3.8, 4) is 0 Å². The Hall–Kier alpha value is -0.910. The summed E-state index contributed by atoms with van der Waals surface area (Å²) < 4.78 is 0.735. The molecule has 4 nitrogen and oxygen atoms in total. The minimum absolute atomic E-state index is 0.00455. The molecule has 1 aliphatic heterocycles. The molecule has 2 rings (SSSR count). The minimum Gasteiger partial charge on any atom is -0.389 e. The van der Waals surface area contributed by atoms with Gasteiger partial charge >= 0.3 is 0 Å². The maximum atomic E-state index is 11.3. The molecule has 0 bridgehead atoms. The molecule has 1 fully saturated rings. The van der Waals surface area contributed by atoms with Crippen LogP contribution in [0.1, 0.15) is 17.3 Å². The van der Waals surface area contributed by atoms with Crippen LogP contribution < -0.4 is 4.90 Å². The molecule has 1 aromatic carbocycles. The van der Waals surface area contributed by atoms with E-state index in [1.54, 1.807) is 6.07 Å². The quantitative estimate of drug-likeness (QED) is 0.806. The summed E-state index contributed by atoms with van der Waals surface area (Å²) in [6.45, 7) is 2.34. The van der Waals surface area contributed by atoms with Gasteiger partial charge in [0, 0.05) is 28.8 Å². The van der Waals surface area contributed by atoms with E-state index in [0.29, 0.717) is 18.7 Å². The number of Topliss-reactive ketones (excluding diaryl/α,β-unsaturated/α-hetero) is 1. The monoisotopic (exact) mass is 299 g/mol. The Morgan fingerprint density at radius 3 is 2.41 bits per heavy atom. The zero-order valence-corrected chi connectivity index (χ0v) is 11.0. The summed E-state index contributed by atoms with van der Waals surface area (Å²) in [6.07, 6.45) is -1.41. The van der Waals surface area contributed by atoms with Gasteiger partial charge in [-0.2, -0.15) is 0 Å². The first-order valence-electron chi connectivity index (χ1n) is 5.40. The standard InChI is InChI=1S/C12H14BrNO3/c1-7(15)9-3-2-8(4-10(9)13)14-5-11(16)12(17)6-14/h2-4,11-12,16-17H,5-6H2,1H3. The zero-order chi connectivity index (χ0) is 12.6. The van der Waals surface area contributed by atoms with Crippen molar-refractivity contribution in [1.29, 1.82) is 0 Å². The van der Waals surface area contributed by atoms with E-state index in [2.05, 4.69) is 15.9 Å². The number of aliphatic hydroxyl groups excluding tert-OH is 2. The summed E-state index contributed by atoms with van der Waals surface area (Å²) in [6, 6.07) is 5.41. The molecule has 1 heterocycles. The van der Waals surface area contributed by atoms with E-state index in [9.17, 15) is 15.0 Å². The fourth-order valence-corrected chi connectivity index (χ4v) is 2.61. The van der Waals surface area contributed by atoms with Crippen LogP contribution in [0.4, 0.5) is 5.69 Å². The number of aliphatic hydroxyl groups is 2. The summed E-state index contributed by atoms with van der Waals surface area (Å²) in [7, 11) is 0. The van der Waals surface area contributed by atoms with Gasteiger partial charge in [-0.3, -0.25) is 4.79 Å². The summed E-state index contributed by atoms with van der Waals surface area (Å²) in [4.78, 5) is 13.2. The number of anilines is 1. The second-order valence-corrected chi connectivity index (χ2v) is 5.11. The number of benzene rings is 1. The Balaban J connectivity index is 2.24. The maximum absolute atomic E-state index is 11.3. The molecular weight excluding hydrogens is 286 g/mol. The smallest absolute Gasteiger partial charge is 0.160 e. The van der Waals surface area contributed by atoms with Gasteiger partial charge in [-0.25, -0.2) is 0 Å². The summed E-state index contributed by atoms with van der Waals surface area (Å²) in [5, 5.41) is 19.0. The Morgan fingerprint density at radius 1 is 1.35 bits per heavy atom. The second-order valence-electron chi connectivity index (χ2n) is 4.26. The van der Waals surface area contributed by atoms with E-state index in [0.717, 1.165) is 10.2 Å². The number of hydrogen-bond donors (Lipinski definition) is 2. The topological polar surface area (TPSA) is 60.8 Å². The average molecular weight is 300 g/mol. The van der Waals surface area contributed by atoms with Crippen LogP contribution in [0.3, 0.4) is 0 Å². The van der Waals surface area contributed by atoms with Crippen LogP contribution in [0.15, 0.2) is 22.7 Å². The van der Waals surface area contributed by atoms with Gasteiger partial charge in [0.05, 0.1) is 12.2 Å². The van der Waals surface area contributed by atoms with Gasteiger partial charge in [-0.15, -0.1) is 0 Å². The van der Waals surface area contributed by atoms with Crippen molar-refractivity contribution in [3.05, 3.63) is 28.2 Å². The molecule has 1 aliphatic rings. The molecular formula is C12H14BrNO3. The molecule has 2 unspecified atom stereocenters. The number of rotatable bonds is 2. The third-order valence-electron chi connectivity index (χ3n) is 2.96. The number of carbonyl (C=O) groups excluding carboxylic acids is 1. The molecule has 0 spiro atoms. The van der Waals surface area contributed by atoms with Gasteiger partial charge < -0.3 is 15.1 Å². The lowest BCUT2D eigenvalue weighted by atomic mass is 10.1. The van der Waals surface area contributed by atoms with E-state index in [1.165, 1.54) is 6.92 Å².